The van der Waals surface area contributed by atoms with Crippen LogP contribution < -0.4 is 0 Å². The first-order valence-corrected chi connectivity index (χ1v) is 6.62. The molecular formula is C17H21. The number of rotatable bonds is 6. The number of benzene rings is 1. The maximum atomic E-state index is 3.79. The Hall–Kier alpha value is -1.30. The zero-order valence-electron chi connectivity index (χ0n) is 10.7. The Labute approximate surface area is 105 Å². The van der Waals surface area contributed by atoms with Crippen LogP contribution in [0, 0.1) is 6.42 Å². The van der Waals surface area contributed by atoms with Crippen molar-refractivity contribution in [3.63, 3.8) is 0 Å². The van der Waals surface area contributed by atoms with E-state index < -0.39 is 0 Å². The smallest absolute Gasteiger partial charge is 0.0167 e. The molecule has 0 fully saturated rings. The molecule has 0 saturated carbocycles. The van der Waals surface area contributed by atoms with Gasteiger partial charge in [0, 0.05) is 6.42 Å². The van der Waals surface area contributed by atoms with Crippen LogP contribution in [0.15, 0.2) is 36.4 Å². The van der Waals surface area contributed by atoms with Crippen LogP contribution in [0.4, 0.5) is 0 Å². The van der Waals surface area contributed by atoms with Gasteiger partial charge in [-0.3, -0.25) is 0 Å². The summed E-state index contributed by atoms with van der Waals surface area (Å²) in [5, 5.41) is 0. The number of allylic oxidation sites excluding steroid dienone is 2. The highest BCUT2D eigenvalue weighted by atomic mass is 14.2. The zero-order chi connectivity index (χ0) is 12.1. The fourth-order valence-electron chi connectivity index (χ4n) is 2.34. The second-order valence-electron chi connectivity index (χ2n) is 4.78. The molecule has 0 amide bonds. The Bertz CT molecular complexity index is 424. The molecule has 0 saturated heterocycles. The lowest BCUT2D eigenvalue weighted by Gasteiger charge is -2.04. The van der Waals surface area contributed by atoms with Gasteiger partial charge in [0.05, 0.1) is 0 Å². The van der Waals surface area contributed by atoms with E-state index >= 15 is 0 Å². The number of unbranched alkanes of at least 4 members (excludes halogenated alkanes) is 2. The summed E-state index contributed by atoms with van der Waals surface area (Å²) >= 11 is 0. The number of hydrogen-bond acceptors (Lipinski definition) is 0. The van der Waals surface area contributed by atoms with Gasteiger partial charge in [0.25, 0.3) is 0 Å². The fourth-order valence-corrected chi connectivity index (χ4v) is 2.34. The molecule has 0 nitrogen and oxygen atoms in total. The van der Waals surface area contributed by atoms with E-state index in [-0.39, 0.29) is 0 Å². The van der Waals surface area contributed by atoms with Gasteiger partial charge in [-0.2, -0.15) is 0 Å². The van der Waals surface area contributed by atoms with E-state index in [2.05, 4.69) is 44.2 Å². The molecule has 0 unspecified atom stereocenters. The zero-order valence-corrected chi connectivity index (χ0v) is 10.7. The van der Waals surface area contributed by atoms with E-state index in [0.29, 0.717) is 0 Å². The van der Waals surface area contributed by atoms with Gasteiger partial charge in [-0.05, 0) is 36.0 Å². The van der Waals surface area contributed by atoms with Crippen LogP contribution in [0.3, 0.4) is 0 Å². The third kappa shape index (κ3) is 3.09. The lowest BCUT2D eigenvalue weighted by atomic mass is 10.0. The van der Waals surface area contributed by atoms with Gasteiger partial charge in [-0.25, -0.2) is 0 Å². The predicted octanol–water partition coefficient (Wildman–Crippen LogP) is 4.94. The van der Waals surface area contributed by atoms with Crippen molar-refractivity contribution < 1.29 is 0 Å². The molecule has 0 aromatic heterocycles. The van der Waals surface area contributed by atoms with Crippen molar-refractivity contribution in [3.8, 4) is 0 Å². The van der Waals surface area contributed by atoms with Crippen LogP contribution in [-0.2, 0) is 6.42 Å². The van der Waals surface area contributed by atoms with Crippen molar-refractivity contribution in [1.82, 2.24) is 0 Å². The lowest BCUT2D eigenvalue weighted by molar-refractivity contribution is 0.717. The largest absolute Gasteiger partial charge is 0.103 e. The number of hydrogen-bond donors (Lipinski definition) is 0. The highest BCUT2D eigenvalue weighted by molar-refractivity contribution is 5.70. The summed E-state index contributed by atoms with van der Waals surface area (Å²) in [6, 6.07) is 6.87. The third-order valence-electron chi connectivity index (χ3n) is 3.28. The van der Waals surface area contributed by atoms with Crippen molar-refractivity contribution in [2.45, 2.75) is 39.0 Å². The van der Waals surface area contributed by atoms with Crippen LogP contribution in [0.2, 0.25) is 0 Å². The monoisotopic (exact) mass is 225 g/mol. The molecule has 1 radical (unpaired) electrons. The summed E-state index contributed by atoms with van der Waals surface area (Å²) in [5.74, 6) is 0. The maximum Gasteiger partial charge on any atom is 0.0167 e. The summed E-state index contributed by atoms with van der Waals surface area (Å²) < 4.78 is 0. The molecular weight excluding hydrogens is 204 g/mol. The Morgan fingerprint density at radius 3 is 2.82 bits per heavy atom. The topological polar surface area (TPSA) is 0 Å². The van der Waals surface area contributed by atoms with Crippen molar-refractivity contribution >= 4 is 6.08 Å². The van der Waals surface area contributed by atoms with E-state index in [0.717, 1.165) is 6.42 Å². The van der Waals surface area contributed by atoms with Crippen molar-refractivity contribution in [3.05, 3.63) is 59.5 Å². The third-order valence-corrected chi connectivity index (χ3v) is 3.28. The maximum absolute atomic E-state index is 3.79. The van der Waals surface area contributed by atoms with Gasteiger partial charge in [0.2, 0.25) is 0 Å². The van der Waals surface area contributed by atoms with Crippen LogP contribution in [0.5, 0.6) is 0 Å². The molecule has 0 spiro atoms. The first-order valence-electron chi connectivity index (χ1n) is 6.62. The molecule has 0 heteroatoms. The normalized spacial score (nSPS) is 13.4. The Morgan fingerprint density at radius 1 is 1.18 bits per heavy atom. The molecule has 0 bridgehead atoms. The Balaban J connectivity index is 2.04. The average molecular weight is 225 g/mol. The molecule has 0 atom stereocenters. The van der Waals surface area contributed by atoms with Crippen LogP contribution in [-0.4, -0.2) is 0 Å². The van der Waals surface area contributed by atoms with E-state index in [1.165, 1.54) is 47.9 Å². The predicted molar refractivity (Wildman–Crippen MR) is 75.9 cm³/mol. The van der Waals surface area contributed by atoms with Crippen molar-refractivity contribution in [2.75, 3.05) is 0 Å². The molecule has 0 aliphatic heterocycles. The van der Waals surface area contributed by atoms with E-state index in [9.17, 15) is 0 Å². The van der Waals surface area contributed by atoms with Gasteiger partial charge in [-0.15, -0.1) is 6.58 Å². The first kappa shape index (κ1) is 12.2. The standard InChI is InChI=1S/C17H21/c1-3-5-6-8-14-9-10-16-12-15(7-4-2)13-17(16)11-14/h4,9-13H,2-3,5-8H2,1H3. The first-order chi connectivity index (χ1) is 8.33. The molecule has 1 aliphatic carbocycles. The van der Waals surface area contributed by atoms with Crippen LogP contribution in [0.1, 0.15) is 49.3 Å². The number of fused-ring (bicyclic) bond motifs is 1. The average Bonchev–Trinajstić information content (AvgIpc) is 2.71. The summed E-state index contributed by atoms with van der Waals surface area (Å²) in [7, 11) is 0. The summed E-state index contributed by atoms with van der Waals surface area (Å²) in [6.45, 7) is 6.05. The Kier molecular flexibility index (Phi) is 4.19. The molecule has 2 rings (SSSR count). The van der Waals surface area contributed by atoms with Gasteiger partial charge in [0.1, 0.15) is 0 Å². The quantitative estimate of drug-likeness (QED) is 0.475. The van der Waals surface area contributed by atoms with Gasteiger partial charge in [0.15, 0.2) is 0 Å². The summed E-state index contributed by atoms with van der Waals surface area (Å²) in [4.78, 5) is 0. The van der Waals surface area contributed by atoms with E-state index in [1.54, 1.807) is 0 Å². The SMILES string of the molecule is C=CCC1=Cc2cc(CCCCC)ccc2[CH]1. The van der Waals surface area contributed by atoms with Gasteiger partial charge < -0.3 is 0 Å². The molecule has 1 aromatic rings. The highest BCUT2D eigenvalue weighted by Crippen LogP contribution is 2.29. The van der Waals surface area contributed by atoms with E-state index in [1.807, 2.05) is 6.08 Å². The minimum Gasteiger partial charge on any atom is -0.103 e. The lowest BCUT2D eigenvalue weighted by Crippen LogP contribution is -1.88. The molecule has 0 N–H and O–H groups in total. The summed E-state index contributed by atoms with van der Waals surface area (Å²) in [6.07, 6.45) is 12.7. The summed E-state index contributed by atoms with van der Waals surface area (Å²) in [5.41, 5.74) is 5.60. The molecule has 17 heavy (non-hydrogen) atoms. The van der Waals surface area contributed by atoms with Crippen LogP contribution in [0.25, 0.3) is 6.08 Å². The number of aryl methyl sites for hydroxylation is 1. The minimum absolute atomic E-state index is 0.972. The second-order valence-corrected chi connectivity index (χ2v) is 4.78. The molecule has 89 valence electrons. The van der Waals surface area contributed by atoms with Gasteiger partial charge >= 0.3 is 0 Å². The Morgan fingerprint density at radius 2 is 2.06 bits per heavy atom. The van der Waals surface area contributed by atoms with Crippen molar-refractivity contribution in [2.24, 2.45) is 0 Å². The second kappa shape index (κ2) is 5.86. The fraction of sp³-hybridized carbons (Fsp3) is 0.353. The minimum atomic E-state index is 0.972. The van der Waals surface area contributed by atoms with Crippen LogP contribution >= 0.6 is 0 Å². The van der Waals surface area contributed by atoms with Gasteiger partial charge in [-0.1, -0.05) is 55.7 Å². The molecule has 0 heterocycles. The molecule has 1 aliphatic rings. The van der Waals surface area contributed by atoms with E-state index in [4.69, 9.17) is 0 Å². The van der Waals surface area contributed by atoms with Crippen molar-refractivity contribution in [1.29, 1.82) is 0 Å². The molecule has 1 aromatic carbocycles. The highest BCUT2D eigenvalue weighted by Gasteiger charge is 2.12.